The first-order valence-corrected chi connectivity index (χ1v) is 13.3. The molecule has 0 saturated heterocycles. The van der Waals surface area contributed by atoms with Gasteiger partial charge in [-0.05, 0) is 33.1 Å². The molecule has 0 N–H and O–H groups in total. The molecule has 0 spiro atoms. The smallest absolute Gasteiger partial charge is 0.234 e. The van der Waals surface area contributed by atoms with E-state index in [1.807, 2.05) is 0 Å². The number of hydrogen-bond donors (Lipinski definition) is 0. The van der Waals surface area contributed by atoms with Crippen molar-refractivity contribution in [1.29, 1.82) is 0 Å². The minimum Gasteiger partial charge on any atom is -0.234 e. The zero-order valence-corrected chi connectivity index (χ0v) is 20.6. The molecule has 0 saturated carbocycles. The Labute approximate surface area is 183 Å². The Kier molecular flexibility index (Phi) is 16.3. The molecule has 0 unspecified atom stereocenters. The summed E-state index contributed by atoms with van der Waals surface area (Å²) in [5.41, 5.74) is 0. The van der Waals surface area contributed by atoms with Gasteiger partial charge in [-0.15, -0.1) is 0 Å². The van der Waals surface area contributed by atoms with Gasteiger partial charge in [-0.25, -0.2) is 9.13 Å². The molecule has 1 rings (SSSR count). The lowest BCUT2D eigenvalue weighted by atomic mass is 10.1. The Morgan fingerprint density at radius 2 is 1.10 bits per heavy atom. The largest absolute Gasteiger partial charge is 0.256 e. The predicted octanol–water partition coefficient (Wildman–Crippen LogP) is 8.57. The van der Waals surface area contributed by atoms with Crippen LogP contribution in [0.2, 0.25) is 0 Å². The zero-order valence-electron chi connectivity index (χ0n) is 20.6. The maximum atomic E-state index is 2.56. The van der Waals surface area contributed by atoms with Crippen molar-refractivity contribution in [3.63, 3.8) is 0 Å². The third-order valence-corrected chi connectivity index (χ3v) is 6.35. The van der Waals surface area contributed by atoms with Crippen molar-refractivity contribution >= 4 is 0 Å². The van der Waals surface area contributed by atoms with Gasteiger partial charge in [0.05, 0.1) is 12.6 Å². The second-order valence-electron chi connectivity index (χ2n) is 9.46. The Morgan fingerprint density at radius 3 is 1.59 bits per heavy atom. The van der Waals surface area contributed by atoms with Crippen LogP contribution in [0.15, 0.2) is 12.4 Å². The van der Waals surface area contributed by atoms with Crippen molar-refractivity contribution in [2.75, 3.05) is 0 Å². The van der Waals surface area contributed by atoms with Crippen LogP contribution in [0.3, 0.4) is 0 Å². The van der Waals surface area contributed by atoms with Crippen LogP contribution >= 0.6 is 0 Å². The van der Waals surface area contributed by atoms with Gasteiger partial charge in [-0.3, -0.25) is 0 Å². The zero-order chi connectivity index (χ0) is 21.2. The van der Waals surface area contributed by atoms with E-state index in [-0.39, 0.29) is 0 Å². The maximum Gasteiger partial charge on any atom is 0.256 e. The number of aryl methyl sites for hydroxylation is 1. The van der Waals surface area contributed by atoms with Crippen molar-refractivity contribution in [2.45, 2.75) is 156 Å². The molecule has 0 bridgehead atoms. The van der Waals surface area contributed by atoms with Gasteiger partial charge >= 0.3 is 0 Å². The van der Waals surface area contributed by atoms with Gasteiger partial charge in [0.2, 0.25) is 0 Å². The van der Waals surface area contributed by atoms with Crippen molar-refractivity contribution in [3.8, 4) is 0 Å². The summed E-state index contributed by atoms with van der Waals surface area (Å²) < 4.78 is 5.06. The molecule has 0 radical (unpaired) electrons. The van der Waals surface area contributed by atoms with Crippen LogP contribution in [0.4, 0.5) is 0 Å². The Bertz CT molecular complexity index is 475. The van der Waals surface area contributed by atoms with Gasteiger partial charge < -0.3 is 0 Å². The number of aromatic nitrogens is 2. The molecule has 1 heterocycles. The Hall–Kier alpha value is -0.790. The van der Waals surface area contributed by atoms with Crippen LogP contribution in [0, 0.1) is 0 Å². The van der Waals surface area contributed by atoms with E-state index in [1.165, 1.54) is 122 Å². The van der Waals surface area contributed by atoms with Gasteiger partial charge in [-0.2, -0.15) is 0 Å². The van der Waals surface area contributed by atoms with Gasteiger partial charge in [-0.1, -0.05) is 104 Å². The molecule has 2 nitrogen and oxygen atoms in total. The van der Waals surface area contributed by atoms with Crippen LogP contribution in [0.25, 0.3) is 0 Å². The molecule has 170 valence electrons. The minimum absolute atomic E-state index is 0.573. The predicted molar refractivity (Wildman–Crippen MR) is 129 cm³/mol. The fourth-order valence-corrected chi connectivity index (χ4v) is 4.43. The van der Waals surface area contributed by atoms with Crippen molar-refractivity contribution in [3.05, 3.63) is 18.2 Å². The first-order chi connectivity index (χ1) is 14.2. The first kappa shape index (κ1) is 26.2. The molecule has 0 atom stereocenters. The van der Waals surface area contributed by atoms with Gasteiger partial charge in [0.25, 0.3) is 5.82 Å². The monoisotopic (exact) mass is 405 g/mol. The maximum absolute atomic E-state index is 2.56. The molecule has 1 aromatic heterocycles. The summed E-state index contributed by atoms with van der Waals surface area (Å²) in [6.07, 6.45) is 29.9. The molecule has 0 aromatic carbocycles. The van der Waals surface area contributed by atoms with Crippen LogP contribution in [-0.4, -0.2) is 4.57 Å². The molecule has 1 aromatic rings. The lowest BCUT2D eigenvalue weighted by Gasteiger charge is -2.08. The van der Waals surface area contributed by atoms with E-state index in [9.17, 15) is 0 Å². The van der Waals surface area contributed by atoms with Crippen molar-refractivity contribution in [2.24, 2.45) is 0 Å². The van der Waals surface area contributed by atoms with Gasteiger partial charge in [0.15, 0.2) is 0 Å². The second kappa shape index (κ2) is 18.0. The molecule has 2 heteroatoms. The van der Waals surface area contributed by atoms with Crippen LogP contribution in [0.1, 0.15) is 149 Å². The molecule has 0 amide bonds. The summed E-state index contributed by atoms with van der Waals surface area (Å²) in [6.45, 7) is 10.4. The number of imidazole rings is 1. The van der Waals surface area contributed by atoms with Crippen molar-refractivity contribution < 1.29 is 4.57 Å². The molecular formula is C27H53N2+. The van der Waals surface area contributed by atoms with Crippen LogP contribution in [0.5, 0.6) is 0 Å². The van der Waals surface area contributed by atoms with E-state index in [2.05, 4.69) is 49.2 Å². The molecule has 0 aliphatic rings. The lowest BCUT2D eigenvalue weighted by Crippen LogP contribution is -2.37. The first-order valence-electron chi connectivity index (χ1n) is 13.3. The summed E-state index contributed by atoms with van der Waals surface area (Å²) in [7, 11) is 0. The fraction of sp³-hybridized carbons (Fsp3) is 0.889. The summed E-state index contributed by atoms with van der Waals surface area (Å²) in [4.78, 5) is 0. The van der Waals surface area contributed by atoms with E-state index in [4.69, 9.17) is 0 Å². The third kappa shape index (κ3) is 12.5. The Morgan fingerprint density at radius 1 is 0.655 bits per heavy atom. The third-order valence-electron chi connectivity index (χ3n) is 6.35. The van der Waals surface area contributed by atoms with Crippen molar-refractivity contribution in [1.82, 2.24) is 4.57 Å². The SMILES string of the molecule is CCCCCCCCCCCC[n+]1ccn(C(C)C)c1CCCCCCCCC. The standard InChI is InChI=1S/C27H53N2/c1-5-7-9-11-13-14-15-17-19-21-23-28-24-25-29(26(3)4)27(28)22-20-18-16-12-10-8-6-2/h24-26H,5-23H2,1-4H3/q+1. The highest BCUT2D eigenvalue weighted by Gasteiger charge is 2.18. The van der Waals surface area contributed by atoms with E-state index < -0.39 is 0 Å². The number of nitrogens with zero attached hydrogens (tertiary/aromatic N) is 2. The fourth-order valence-electron chi connectivity index (χ4n) is 4.43. The molecule has 0 aliphatic heterocycles. The van der Waals surface area contributed by atoms with Crippen LogP contribution in [-0.2, 0) is 13.0 Å². The van der Waals surface area contributed by atoms with E-state index in [0.717, 1.165) is 0 Å². The van der Waals surface area contributed by atoms with E-state index >= 15 is 0 Å². The summed E-state index contributed by atoms with van der Waals surface area (Å²) >= 11 is 0. The summed E-state index contributed by atoms with van der Waals surface area (Å²) in [5, 5.41) is 0. The normalized spacial score (nSPS) is 11.6. The average molecular weight is 406 g/mol. The number of rotatable bonds is 20. The Balaban J connectivity index is 2.23. The minimum atomic E-state index is 0.573. The molecule has 0 aliphatic carbocycles. The van der Waals surface area contributed by atoms with Gasteiger partial charge in [0.1, 0.15) is 12.4 Å². The summed E-state index contributed by atoms with van der Waals surface area (Å²) in [6, 6.07) is 0.573. The number of unbranched alkanes of at least 4 members (excludes halogenated alkanes) is 15. The van der Waals surface area contributed by atoms with Crippen LogP contribution < -0.4 is 4.57 Å². The quantitative estimate of drug-likeness (QED) is 0.152. The second-order valence-corrected chi connectivity index (χ2v) is 9.46. The average Bonchev–Trinajstić information content (AvgIpc) is 3.11. The lowest BCUT2D eigenvalue weighted by molar-refractivity contribution is -0.704. The highest BCUT2D eigenvalue weighted by atomic mass is 15.2. The highest BCUT2D eigenvalue weighted by Crippen LogP contribution is 2.14. The topological polar surface area (TPSA) is 8.81 Å². The van der Waals surface area contributed by atoms with E-state index in [1.54, 1.807) is 5.82 Å². The molecule has 29 heavy (non-hydrogen) atoms. The van der Waals surface area contributed by atoms with E-state index in [0.29, 0.717) is 6.04 Å². The number of hydrogen-bond acceptors (Lipinski definition) is 0. The molecule has 0 fully saturated rings. The van der Waals surface area contributed by atoms with Gasteiger partial charge in [0, 0.05) is 6.42 Å². The molecular weight excluding hydrogens is 352 g/mol. The summed E-state index contributed by atoms with van der Waals surface area (Å²) in [5.74, 6) is 1.56. The highest BCUT2D eigenvalue weighted by molar-refractivity contribution is 4.86.